The van der Waals surface area contributed by atoms with E-state index >= 15 is 0 Å². The predicted molar refractivity (Wildman–Crippen MR) is 467 cm³/mol. The summed E-state index contributed by atoms with van der Waals surface area (Å²) in [5.41, 5.74) is 28.0. The highest BCUT2D eigenvalue weighted by atomic mass is 16.5. The van der Waals surface area contributed by atoms with Gasteiger partial charge in [0.1, 0.15) is 5.75 Å². The van der Waals surface area contributed by atoms with Crippen LogP contribution >= 0.6 is 0 Å². The van der Waals surface area contributed by atoms with Crippen LogP contribution in [0.4, 0.5) is 0 Å². The molecule has 13 nitrogen and oxygen atoms in total. The first kappa shape index (κ1) is 84.6. The molecule has 13 heteroatoms. The second-order valence-corrected chi connectivity index (χ2v) is 39.4. The van der Waals surface area contributed by atoms with Gasteiger partial charge in [0.05, 0.1) is 64.0 Å². The zero-order valence-electron chi connectivity index (χ0n) is 73.2. The second kappa shape index (κ2) is 33.5. The highest BCUT2D eigenvalue weighted by Gasteiger charge is 2.41. The molecule has 5 fully saturated rings. The lowest BCUT2D eigenvalue weighted by atomic mass is 9.80. The molecule has 0 saturated heterocycles. The van der Waals surface area contributed by atoms with E-state index in [4.69, 9.17) is 9.84 Å². The van der Waals surface area contributed by atoms with E-state index in [0.29, 0.717) is 0 Å². The first-order valence-electron chi connectivity index (χ1n) is 41.1. The first-order valence-corrected chi connectivity index (χ1v) is 41.1. The van der Waals surface area contributed by atoms with Gasteiger partial charge in [-0.3, -0.25) is 19.7 Å². The third kappa shape index (κ3) is 21.1. The van der Waals surface area contributed by atoms with Gasteiger partial charge in [0.25, 0.3) is 0 Å². The smallest absolute Gasteiger partial charge is 0.123 e. The molecule has 4 aromatic carbocycles. The van der Waals surface area contributed by atoms with Gasteiger partial charge in [-0.25, -0.2) is 9.36 Å². The number of methoxy groups -OCH3 is 1. The summed E-state index contributed by atoms with van der Waals surface area (Å²) >= 11 is 0. The highest BCUT2D eigenvalue weighted by molar-refractivity contribution is 5.87. The number of allylic oxidation sites excluding steroid dienone is 3. The van der Waals surface area contributed by atoms with Crippen molar-refractivity contribution in [3.8, 4) is 11.4 Å². The van der Waals surface area contributed by atoms with Gasteiger partial charge in [0.2, 0.25) is 0 Å². The molecular formula is C98H134N12O. The number of benzene rings is 4. The topological polar surface area (TPSA) is 143 Å². The Labute approximate surface area is 666 Å². The fourth-order valence-corrected chi connectivity index (χ4v) is 16.1. The number of aromatic nitrogens is 12. The van der Waals surface area contributed by atoms with Crippen molar-refractivity contribution in [3.05, 3.63) is 231 Å². The summed E-state index contributed by atoms with van der Waals surface area (Å²) in [4.78, 5) is 8.95. The largest absolute Gasteiger partial charge is 0.496 e. The SMILES string of the molecule is C=C/C=C(\C)n1cc(C)c(C(C)(C)C)n1.CC(C)(C)c1c(C2CC2)ccc2ncccc12.CC(C)(C)c1c(C2CC2)n[nH]c1C1CC1.COc1ccc2ncc(C)cc2c1C(C)(C)C.Cc1cnn(-c2ccccc2)c1C(C)(C)C.Cc1nnc2ccccc2c1C(C)(C)C.Cn1nc(C2CC2)c(C(C)(C)C)c1C1CC1. The number of nitrogens with one attached hydrogen (secondary N) is 1. The minimum Gasteiger partial charge on any atom is -0.496 e. The lowest BCUT2D eigenvalue weighted by Crippen LogP contribution is -2.18. The maximum absolute atomic E-state index is 5.49. The number of para-hydroxylation sites is 1. The number of nitrogens with zero attached hydrogens (tertiary/aromatic N) is 11. The maximum atomic E-state index is 5.49. The number of hydrogen-bond acceptors (Lipinski definition) is 9. The summed E-state index contributed by atoms with van der Waals surface area (Å²) in [5.74, 6) is 4.88. The molecule has 5 aliphatic carbocycles. The van der Waals surface area contributed by atoms with Crippen LogP contribution in [0, 0.1) is 27.7 Å². The molecule has 7 heterocycles. The fraction of sp³-hybridized carbons (Fsp3) is 0.510. The number of H-pyrrole nitrogens is 1. The second-order valence-electron chi connectivity index (χ2n) is 39.4. The van der Waals surface area contributed by atoms with Crippen LogP contribution in [0.1, 0.15) is 336 Å². The van der Waals surface area contributed by atoms with E-state index in [1.807, 2.05) is 96.4 Å². The van der Waals surface area contributed by atoms with E-state index in [-0.39, 0.29) is 37.9 Å². The van der Waals surface area contributed by atoms with Crippen molar-refractivity contribution in [2.75, 3.05) is 7.11 Å². The number of fused-ring (bicyclic) bond motifs is 3. The molecule has 0 aliphatic heterocycles. The summed E-state index contributed by atoms with van der Waals surface area (Å²) in [5, 5.41) is 34.0. The molecule has 0 amide bonds. The lowest BCUT2D eigenvalue weighted by molar-refractivity contribution is 0.399. The van der Waals surface area contributed by atoms with Crippen molar-refractivity contribution in [2.24, 2.45) is 7.05 Å². The van der Waals surface area contributed by atoms with Gasteiger partial charge >= 0.3 is 0 Å². The molecule has 0 atom stereocenters. The van der Waals surface area contributed by atoms with Crippen LogP contribution in [-0.2, 0) is 45.0 Å². The lowest BCUT2D eigenvalue weighted by Gasteiger charge is -2.25. The molecule has 0 spiro atoms. The zero-order valence-corrected chi connectivity index (χ0v) is 73.2. The van der Waals surface area contributed by atoms with Gasteiger partial charge in [-0.05, 0) is 220 Å². The van der Waals surface area contributed by atoms with Crippen LogP contribution < -0.4 is 4.74 Å². The van der Waals surface area contributed by atoms with E-state index in [1.165, 1.54) is 148 Å². The van der Waals surface area contributed by atoms with Crippen LogP contribution in [0.2, 0.25) is 0 Å². The fourth-order valence-electron chi connectivity index (χ4n) is 16.1. The van der Waals surface area contributed by atoms with Gasteiger partial charge in [-0.1, -0.05) is 207 Å². The first-order chi connectivity index (χ1) is 51.9. The average molecular weight is 1500 g/mol. The average Bonchev–Trinajstić information content (AvgIpc) is 1.62. The Morgan fingerprint density at radius 1 is 0.495 bits per heavy atom. The molecule has 111 heavy (non-hydrogen) atoms. The van der Waals surface area contributed by atoms with E-state index in [0.717, 1.165) is 74.7 Å². The van der Waals surface area contributed by atoms with Crippen LogP contribution in [0.5, 0.6) is 5.75 Å². The molecule has 0 unspecified atom stereocenters. The van der Waals surface area contributed by atoms with Crippen LogP contribution in [0.3, 0.4) is 0 Å². The quantitative estimate of drug-likeness (QED) is 0.140. The Balaban J connectivity index is 0.000000138. The van der Waals surface area contributed by atoms with Gasteiger partial charge in [0, 0.05) is 110 Å². The third-order valence-electron chi connectivity index (χ3n) is 21.4. The van der Waals surface area contributed by atoms with Crippen LogP contribution in [0.15, 0.2) is 141 Å². The molecule has 0 bridgehead atoms. The van der Waals surface area contributed by atoms with Crippen molar-refractivity contribution in [1.82, 2.24) is 59.7 Å². The van der Waals surface area contributed by atoms with Crippen molar-refractivity contribution >= 4 is 38.4 Å². The van der Waals surface area contributed by atoms with Crippen molar-refractivity contribution in [2.45, 2.75) is 312 Å². The van der Waals surface area contributed by atoms with Gasteiger partial charge in [-0.2, -0.15) is 30.6 Å². The molecule has 5 aliphatic rings. The number of rotatable bonds is 9. The molecular weight excluding hydrogens is 1360 g/mol. The minimum absolute atomic E-state index is 0.0420. The van der Waals surface area contributed by atoms with E-state index in [9.17, 15) is 0 Å². The molecule has 1 N–H and O–H groups in total. The van der Waals surface area contributed by atoms with Crippen LogP contribution in [-0.4, -0.2) is 66.8 Å². The van der Waals surface area contributed by atoms with Gasteiger partial charge < -0.3 is 4.74 Å². The maximum Gasteiger partial charge on any atom is 0.123 e. The summed E-state index contributed by atoms with van der Waals surface area (Å²) < 4.78 is 11.6. The Kier molecular flexibility index (Phi) is 25.5. The Morgan fingerprint density at radius 2 is 1.04 bits per heavy atom. The molecule has 7 aromatic heterocycles. The molecule has 0 radical (unpaired) electrons. The predicted octanol–water partition coefficient (Wildman–Crippen LogP) is 25.4. The number of pyridine rings is 2. The number of ether oxygens (including phenoxy) is 1. The minimum atomic E-state index is 0.0420. The van der Waals surface area contributed by atoms with Crippen molar-refractivity contribution < 1.29 is 4.74 Å². The molecule has 11 aromatic rings. The number of aromatic amines is 1. The third-order valence-corrected chi connectivity index (χ3v) is 21.4. The van der Waals surface area contributed by atoms with Gasteiger partial charge in [-0.15, -0.1) is 0 Å². The summed E-state index contributed by atoms with van der Waals surface area (Å²) in [7, 11) is 3.86. The van der Waals surface area contributed by atoms with Crippen LogP contribution in [0.25, 0.3) is 44.1 Å². The van der Waals surface area contributed by atoms with E-state index in [2.05, 4.69) is 280 Å². The Hall–Kier alpha value is -8.84. The standard InChI is InChI=1S/C16H19N.C15H19NO.C14H22N2.C14H18N2.C13H20N2.C13H16N2.C13H20N2/c1-16(2,3)15-12(11-6-7-11)8-9-14-13(15)5-4-10-17-14;1-10-8-11-12(16-9-10)6-7-13(17-5)14(11)15(2,3)4;1-14(2,3)11-12(9-5-6-9)15-16(4)13(11)10-7-8-10;1-11-10-15-16(13(11)14(2,3)4)12-8-6-5-7-9-12;1-13(2,3)10-11(8-4-5-8)14-15-12(10)9-6-7-9;1-9-12(13(2,3)4)10-7-5-6-8-11(10)15-14-9;1-7-8-11(3)15-9-10(2)12(14-15)13(4,5)6/h4-5,8-11H,6-7H2,1-3H3;6-9H,1-5H3;9-10H,5-8H2,1-4H3;5-10H,1-4H3;8-9H,4-7H2,1-3H3,(H,14,15);5-8H,1-4H3;7-9H,1H2,2-6H3/b;;;;;;11-8+. The molecule has 5 saturated carbocycles. The van der Waals surface area contributed by atoms with Crippen molar-refractivity contribution in [3.63, 3.8) is 0 Å². The number of aryl methyl sites for hydroxylation is 5. The summed E-state index contributed by atoms with van der Waals surface area (Å²) in [6.07, 6.45) is 25.1. The normalized spacial score (nSPS) is 15.5. The highest BCUT2D eigenvalue weighted by Crippen LogP contribution is 2.52. The van der Waals surface area contributed by atoms with E-state index < -0.39 is 0 Å². The molecule has 16 rings (SSSR count). The molecule has 592 valence electrons. The summed E-state index contributed by atoms with van der Waals surface area (Å²) in [6, 6.07) is 33.4. The summed E-state index contributed by atoms with van der Waals surface area (Å²) in [6.45, 7) is 61.3. The monoisotopic (exact) mass is 1500 g/mol. The van der Waals surface area contributed by atoms with E-state index in [1.54, 1.807) is 24.3 Å². The zero-order chi connectivity index (χ0) is 81.3. The van der Waals surface area contributed by atoms with Gasteiger partial charge in [0.15, 0.2) is 0 Å². The van der Waals surface area contributed by atoms with Crippen molar-refractivity contribution in [1.29, 1.82) is 0 Å². The Morgan fingerprint density at radius 3 is 1.58 bits per heavy atom. The number of hydrogen-bond donors (Lipinski definition) is 1. The Bertz CT molecular complexity index is 5010.